The molecular weight excluding hydrogens is 99.0 g/mol. The molecule has 0 heterocycles. The van der Waals surface area contributed by atoms with Crippen LogP contribution in [0.1, 0.15) is 6.92 Å². The Labute approximate surface area is 60.8 Å². The predicted molar refractivity (Wildman–Crippen MR) is 32.6 cm³/mol. The molecule has 0 spiro atoms. The summed E-state index contributed by atoms with van der Waals surface area (Å²) in [6, 6.07) is 0. The number of terminal acetylenes is 1. The van der Waals surface area contributed by atoms with Gasteiger partial charge < -0.3 is 4.74 Å². The van der Waals surface area contributed by atoms with Crippen LogP contribution in [0, 0.1) is 12.3 Å². The predicted octanol–water partition coefficient (Wildman–Crippen LogP) is -0.466. The fourth-order valence-corrected chi connectivity index (χ4v) is 0.173. The Morgan fingerprint density at radius 3 is 2.50 bits per heavy atom. The van der Waals surface area contributed by atoms with Crippen LogP contribution in [0.15, 0.2) is 0 Å². The number of esters is 1. The molecule has 0 aliphatic heterocycles. The van der Waals surface area contributed by atoms with Crippen LogP contribution in [-0.2, 0) is 9.53 Å². The zero-order valence-corrected chi connectivity index (χ0v) is 4.10. The Bertz CT molecular complexity index is 103. The van der Waals surface area contributed by atoms with E-state index >= 15 is 0 Å². The normalized spacial score (nSPS) is 6.00. The molecule has 0 radical (unpaired) electrons. The summed E-state index contributed by atoms with van der Waals surface area (Å²) in [7, 11) is 0. The summed E-state index contributed by atoms with van der Waals surface area (Å²) >= 11 is 0. The van der Waals surface area contributed by atoms with Crippen molar-refractivity contribution in [2.45, 2.75) is 6.92 Å². The molecule has 0 saturated heterocycles. The van der Waals surface area contributed by atoms with Crippen molar-refractivity contribution in [3.8, 4) is 12.3 Å². The Hall–Kier alpha value is -0.373. The Morgan fingerprint density at radius 1 is 1.88 bits per heavy atom. The van der Waals surface area contributed by atoms with Gasteiger partial charge in [-0.25, -0.2) is 4.79 Å². The first-order valence-electron chi connectivity index (χ1n) is 1.94. The van der Waals surface area contributed by atoms with Crippen molar-refractivity contribution in [2.24, 2.45) is 0 Å². The standard InChI is InChI=1S/C5H6O2.Li.H/c1-3-5(6)7-4-2;;/h1H,4H2,2H3;;. The number of rotatable bonds is 1. The molecule has 0 N–H and O–H groups in total. The molecular formula is C5H7LiO2. The second-order valence-electron chi connectivity index (χ2n) is 0.865. The maximum absolute atomic E-state index is 9.95. The number of hydrogen-bond acceptors (Lipinski definition) is 2. The van der Waals surface area contributed by atoms with Crippen molar-refractivity contribution >= 4 is 24.8 Å². The zero-order chi connectivity index (χ0) is 5.70. The first kappa shape index (κ1) is 10.6. The second kappa shape index (κ2) is 6.63. The summed E-state index contributed by atoms with van der Waals surface area (Å²) in [5.41, 5.74) is 0. The molecule has 0 unspecified atom stereocenters. The molecule has 8 heavy (non-hydrogen) atoms. The Morgan fingerprint density at radius 2 is 2.38 bits per heavy atom. The van der Waals surface area contributed by atoms with E-state index in [1.165, 1.54) is 0 Å². The molecule has 40 valence electrons. The van der Waals surface area contributed by atoms with E-state index in [9.17, 15) is 4.79 Å². The zero-order valence-electron chi connectivity index (χ0n) is 4.10. The van der Waals surface area contributed by atoms with Gasteiger partial charge in [-0.05, 0) is 6.92 Å². The monoisotopic (exact) mass is 106 g/mol. The van der Waals surface area contributed by atoms with Crippen LogP contribution >= 0.6 is 0 Å². The first-order chi connectivity index (χ1) is 3.31. The summed E-state index contributed by atoms with van der Waals surface area (Å²) in [4.78, 5) is 9.95. The summed E-state index contributed by atoms with van der Waals surface area (Å²) in [5, 5.41) is 0. The van der Waals surface area contributed by atoms with Crippen LogP contribution in [0.25, 0.3) is 0 Å². The molecule has 3 heteroatoms. The number of carbonyl (C=O) groups excluding carboxylic acids is 1. The molecule has 0 bridgehead atoms. The van der Waals surface area contributed by atoms with Gasteiger partial charge in [-0.15, -0.1) is 6.42 Å². The van der Waals surface area contributed by atoms with E-state index < -0.39 is 5.97 Å². The van der Waals surface area contributed by atoms with E-state index in [2.05, 4.69) is 11.2 Å². The van der Waals surface area contributed by atoms with Gasteiger partial charge in [0.05, 0.1) is 6.61 Å². The van der Waals surface area contributed by atoms with Crippen molar-refractivity contribution in [1.29, 1.82) is 0 Å². The molecule has 2 nitrogen and oxygen atoms in total. The van der Waals surface area contributed by atoms with E-state index in [1.54, 1.807) is 12.8 Å². The third kappa shape index (κ3) is 5.63. The van der Waals surface area contributed by atoms with Gasteiger partial charge in [0.2, 0.25) is 0 Å². The fourth-order valence-electron chi connectivity index (χ4n) is 0.173. The van der Waals surface area contributed by atoms with Gasteiger partial charge in [-0.3, -0.25) is 0 Å². The second-order valence-corrected chi connectivity index (χ2v) is 0.865. The minimum atomic E-state index is -0.595. The fraction of sp³-hybridized carbons (Fsp3) is 0.400. The first-order valence-corrected chi connectivity index (χ1v) is 1.94. The van der Waals surface area contributed by atoms with Crippen LogP contribution in [0.4, 0.5) is 0 Å². The molecule has 0 aromatic heterocycles. The van der Waals surface area contributed by atoms with Gasteiger partial charge in [0.1, 0.15) is 0 Å². The molecule has 0 aliphatic rings. The maximum atomic E-state index is 9.95. The topological polar surface area (TPSA) is 26.3 Å². The van der Waals surface area contributed by atoms with Gasteiger partial charge in [-0.1, -0.05) is 0 Å². The number of hydrogen-bond donors (Lipinski definition) is 0. The molecule has 0 aromatic carbocycles. The number of ether oxygens (including phenoxy) is 1. The van der Waals surface area contributed by atoms with E-state index in [-0.39, 0.29) is 18.9 Å². The van der Waals surface area contributed by atoms with Gasteiger partial charge in [0.15, 0.2) is 0 Å². The van der Waals surface area contributed by atoms with Crippen LogP contribution in [0.5, 0.6) is 0 Å². The third-order valence-corrected chi connectivity index (χ3v) is 0.393. The van der Waals surface area contributed by atoms with E-state index in [1.807, 2.05) is 0 Å². The molecule has 0 aliphatic carbocycles. The van der Waals surface area contributed by atoms with Gasteiger partial charge in [0, 0.05) is 5.92 Å². The van der Waals surface area contributed by atoms with Crippen LogP contribution in [0.2, 0.25) is 0 Å². The molecule has 0 saturated carbocycles. The van der Waals surface area contributed by atoms with Crippen molar-refractivity contribution < 1.29 is 9.53 Å². The molecule has 0 aromatic rings. The van der Waals surface area contributed by atoms with Crippen LogP contribution in [0.3, 0.4) is 0 Å². The Balaban J connectivity index is 0. The van der Waals surface area contributed by atoms with Crippen molar-refractivity contribution in [3.63, 3.8) is 0 Å². The third-order valence-electron chi connectivity index (χ3n) is 0.393. The van der Waals surface area contributed by atoms with Gasteiger partial charge >= 0.3 is 24.8 Å². The van der Waals surface area contributed by atoms with Crippen LogP contribution in [-0.4, -0.2) is 31.4 Å². The van der Waals surface area contributed by atoms with Gasteiger partial charge in [-0.2, -0.15) is 0 Å². The van der Waals surface area contributed by atoms with Crippen LogP contribution < -0.4 is 0 Å². The quantitative estimate of drug-likeness (QED) is 0.195. The molecule has 0 atom stereocenters. The SMILES string of the molecule is C#CC(=O)OCC.[LiH]. The Kier molecular flexibility index (Phi) is 8.76. The molecule has 0 fully saturated rings. The van der Waals surface area contributed by atoms with Gasteiger partial charge in [0.25, 0.3) is 0 Å². The summed E-state index contributed by atoms with van der Waals surface area (Å²) in [6.07, 6.45) is 4.63. The van der Waals surface area contributed by atoms with Crippen molar-refractivity contribution in [2.75, 3.05) is 6.61 Å². The minimum absolute atomic E-state index is 0. The number of carbonyl (C=O) groups is 1. The van der Waals surface area contributed by atoms with Crippen molar-refractivity contribution in [3.05, 3.63) is 0 Å². The average molecular weight is 106 g/mol. The average Bonchev–Trinajstić information content (AvgIpc) is 1.68. The van der Waals surface area contributed by atoms with E-state index in [0.717, 1.165) is 0 Å². The molecule has 0 amide bonds. The van der Waals surface area contributed by atoms with E-state index in [0.29, 0.717) is 6.61 Å². The summed E-state index contributed by atoms with van der Waals surface area (Å²) in [6.45, 7) is 2.05. The molecule has 0 rings (SSSR count). The van der Waals surface area contributed by atoms with Crippen molar-refractivity contribution in [1.82, 2.24) is 0 Å². The summed E-state index contributed by atoms with van der Waals surface area (Å²) < 4.78 is 4.32. The van der Waals surface area contributed by atoms with E-state index in [4.69, 9.17) is 0 Å². The summed E-state index contributed by atoms with van der Waals surface area (Å²) in [5.74, 6) is 1.21.